The van der Waals surface area contributed by atoms with E-state index in [1.807, 2.05) is 30.1 Å². The first-order valence-corrected chi connectivity index (χ1v) is 5.72. The normalized spacial score (nSPS) is 22.7. The molecule has 0 aromatic heterocycles. The van der Waals surface area contributed by atoms with Crippen molar-refractivity contribution in [3.63, 3.8) is 0 Å². The van der Waals surface area contributed by atoms with Gasteiger partial charge in [0, 0.05) is 13.1 Å². The number of aliphatic carboxylic acids is 1. The summed E-state index contributed by atoms with van der Waals surface area (Å²) in [6, 6.07) is 10.1. The molecule has 0 amide bonds. The molecule has 0 bridgehead atoms. The fraction of sp³-hybridized carbons (Fsp3) is 0.462. The van der Waals surface area contributed by atoms with E-state index in [0.29, 0.717) is 13.2 Å². The Balaban J connectivity index is 1.92. The monoisotopic (exact) mass is 235 g/mol. The van der Waals surface area contributed by atoms with Crippen molar-refractivity contribution in [2.24, 2.45) is 0 Å². The Bertz CT molecular complexity index is 387. The molecule has 0 aliphatic carbocycles. The summed E-state index contributed by atoms with van der Waals surface area (Å²) in [7, 11) is 1.93. The zero-order valence-corrected chi connectivity index (χ0v) is 9.93. The van der Waals surface area contributed by atoms with Crippen LogP contribution in [-0.4, -0.2) is 42.7 Å². The van der Waals surface area contributed by atoms with Crippen LogP contribution in [0.3, 0.4) is 0 Å². The van der Waals surface area contributed by atoms with E-state index in [4.69, 9.17) is 9.84 Å². The van der Waals surface area contributed by atoms with Crippen LogP contribution in [0, 0.1) is 0 Å². The lowest BCUT2D eigenvalue weighted by Gasteiger charge is -2.21. The first-order chi connectivity index (χ1) is 8.12. The van der Waals surface area contributed by atoms with Gasteiger partial charge in [-0.2, -0.15) is 0 Å². The predicted octanol–water partition coefficient (Wildman–Crippen LogP) is 1.32. The molecule has 4 nitrogen and oxygen atoms in total. The minimum atomic E-state index is -0.762. The number of carboxylic acids is 1. The van der Waals surface area contributed by atoms with E-state index in [2.05, 4.69) is 12.1 Å². The molecule has 1 aliphatic rings. The van der Waals surface area contributed by atoms with Gasteiger partial charge in [0.1, 0.15) is 5.60 Å². The first kappa shape index (κ1) is 12.1. The molecule has 92 valence electrons. The molecule has 1 aliphatic heterocycles. The molecule has 1 unspecified atom stereocenters. The second-order valence-corrected chi connectivity index (χ2v) is 4.53. The Kier molecular flexibility index (Phi) is 3.45. The van der Waals surface area contributed by atoms with Gasteiger partial charge in [0.2, 0.25) is 0 Å². The number of hydrogen-bond donors (Lipinski definition) is 1. The SMILES string of the molecule is CN(CCC(=O)O)CC1(c2ccccc2)CO1. The van der Waals surface area contributed by atoms with Crippen molar-refractivity contribution in [2.45, 2.75) is 12.0 Å². The molecule has 1 atom stereocenters. The van der Waals surface area contributed by atoms with Crippen molar-refractivity contribution in [1.82, 2.24) is 4.90 Å². The summed E-state index contributed by atoms with van der Waals surface area (Å²) in [4.78, 5) is 12.5. The molecule has 1 fully saturated rings. The highest BCUT2D eigenvalue weighted by Gasteiger charge is 2.46. The Labute approximate surface area is 101 Å². The number of ether oxygens (including phenoxy) is 1. The van der Waals surface area contributed by atoms with Crippen molar-refractivity contribution in [3.8, 4) is 0 Å². The molecule has 17 heavy (non-hydrogen) atoms. The summed E-state index contributed by atoms with van der Waals surface area (Å²) >= 11 is 0. The molecule has 2 rings (SSSR count). The second kappa shape index (κ2) is 4.85. The lowest BCUT2D eigenvalue weighted by atomic mass is 9.99. The van der Waals surface area contributed by atoms with Crippen LogP contribution < -0.4 is 0 Å². The van der Waals surface area contributed by atoms with E-state index >= 15 is 0 Å². The standard InChI is InChI=1S/C13H17NO3/c1-14(8-7-12(15)16)9-13(10-17-13)11-5-3-2-4-6-11/h2-6H,7-10H2,1H3,(H,15,16). The van der Waals surface area contributed by atoms with Crippen molar-refractivity contribution >= 4 is 5.97 Å². The molecule has 0 saturated carbocycles. The average Bonchev–Trinajstić information content (AvgIpc) is 3.09. The molecular weight excluding hydrogens is 218 g/mol. The molecule has 1 heterocycles. The number of epoxide rings is 1. The number of carboxylic acid groups (broad SMARTS) is 1. The van der Waals surface area contributed by atoms with Gasteiger partial charge >= 0.3 is 5.97 Å². The quantitative estimate of drug-likeness (QED) is 0.755. The maximum absolute atomic E-state index is 10.5. The molecule has 1 saturated heterocycles. The minimum Gasteiger partial charge on any atom is -0.481 e. The predicted molar refractivity (Wildman–Crippen MR) is 63.8 cm³/mol. The molecule has 0 radical (unpaired) electrons. The van der Waals surface area contributed by atoms with Gasteiger partial charge in [0.25, 0.3) is 0 Å². The van der Waals surface area contributed by atoms with E-state index in [0.717, 1.165) is 6.54 Å². The number of carbonyl (C=O) groups is 1. The fourth-order valence-electron chi connectivity index (χ4n) is 1.98. The van der Waals surface area contributed by atoms with Crippen LogP contribution >= 0.6 is 0 Å². The van der Waals surface area contributed by atoms with Crippen molar-refractivity contribution in [2.75, 3.05) is 26.7 Å². The molecule has 4 heteroatoms. The van der Waals surface area contributed by atoms with E-state index < -0.39 is 5.97 Å². The van der Waals surface area contributed by atoms with Gasteiger partial charge in [-0.25, -0.2) is 0 Å². The van der Waals surface area contributed by atoms with Crippen LogP contribution in [0.4, 0.5) is 0 Å². The number of nitrogens with zero attached hydrogens (tertiary/aromatic N) is 1. The van der Waals surface area contributed by atoms with Gasteiger partial charge < -0.3 is 14.7 Å². The van der Waals surface area contributed by atoms with Crippen LogP contribution in [-0.2, 0) is 15.1 Å². The Morgan fingerprint density at radius 3 is 2.65 bits per heavy atom. The summed E-state index contributed by atoms with van der Waals surface area (Å²) in [5, 5.41) is 8.64. The summed E-state index contributed by atoms with van der Waals surface area (Å²) in [6.07, 6.45) is 0.168. The number of likely N-dealkylation sites (N-methyl/N-ethyl adjacent to an activating group) is 1. The summed E-state index contributed by atoms with van der Waals surface area (Å²) < 4.78 is 5.57. The van der Waals surface area contributed by atoms with Crippen LogP contribution in [0.5, 0.6) is 0 Å². The van der Waals surface area contributed by atoms with E-state index in [1.54, 1.807) is 0 Å². The van der Waals surface area contributed by atoms with Gasteiger partial charge in [-0.3, -0.25) is 4.79 Å². The van der Waals surface area contributed by atoms with Crippen molar-refractivity contribution in [1.29, 1.82) is 0 Å². The Morgan fingerprint density at radius 1 is 1.47 bits per heavy atom. The highest BCUT2D eigenvalue weighted by atomic mass is 16.6. The smallest absolute Gasteiger partial charge is 0.304 e. The van der Waals surface area contributed by atoms with Crippen LogP contribution in [0.15, 0.2) is 30.3 Å². The molecular formula is C13H17NO3. The van der Waals surface area contributed by atoms with Gasteiger partial charge in [-0.15, -0.1) is 0 Å². The summed E-state index contributed by atoms with van der Waals surface area (Å²) in [6.45, 7) is 2.01. The zero-order chi connectivity index (χ0) is 12.3. The maximum Gasteiger partial charge on any atom is 0.304 e. The highest BCUT2D eigenvalue weighted by molar-refractivity contribution is 5.66. The van der Waals surface area contributed by atoms with Crippen molar-refractivity contribution < 1.29 is 14.6 Å². The second-order valence-electron chi connectivity index (χ2n) is 4.53. The highest BCUT2D eigenvalue weighted by Crippen LogP contribution is 2.39. The molecule has 1 N–H and O–H groups in total. The lowest BCUT2D eigenvalue weighted by molar-refractivity contribution is -0.137. The van der Waals surface area contributed by atoms with E-state index in [-0.39, 0.29) is 12.0 Å². The van der Waals surface area contributed by atoms with Crippen LogP contribution in [0.25, 0.3) is 0 Å². The Hall–Kier alpha value is -1.39. The number of rotatable bonds is 6. The topological polar surface area (TPSA) is 53.1 Å². The average molecular weight is 235 g/mol. The zero-order valence-electron chi connectivity index (χ0n) is 9.93. The van der Waals surface area contributed by atoms with Gasteiger partial charge in [-0.1, -0.05) is 30.3 Å². The van der Waals surface area contributed by atoms with Gasteiger partial charge in [-0.05, 0) is 12.6 Å². The molecule has 0 spiro atoms. The lowest BCUT2D eigenvalue weighted by Crippen LogP contribution is -2.31. The van der Waals surface area contributed by atoms with Gasteiger partial charge in [0.15, 0.2) is 0 Å². The first-order valence-electron chi connectivity index (χ1n) is 5.72. The summed E-state index contributed by atoms with van der Waals surface area (Å²) in [5.74, 6) is -0.762. The Morgan fingerprint density at radius 2 is 2.12 bits per heavy atom. The minimum absolute atomic E-state index is 0.168. The number of hydrogen-bond acceptors (Lipinski definition) is 3. The van der Waals surface area contributed by atoms with Crippen molar-refractivity contribution in [3.05, 3.63) is 35.9 Å². The third-order valence-electron chi connectivity index (χ3n) is 3.03. The molecule has 1 aromatic carbocycles. The fourth-order valence-corrected chi connectivity index (χ4v) is 1.98. The third-order valence-corrected chi connectivity index (χ3v) is 3.03. The molecule has 1 aromatic rings. The number of benzene rings is 1. The summed E-state index contributed by atoms with van der Waals surface area (Å²) in [5.41, 5.74) is 0.955. The van der Waals surface area contributed by atoms with Gasteiger partial charge in [0.05, 0.1) is 13.0 Å². The van der Waals surface area contributed by atoms with Crippen LogP contribution in [0.2, 0.25) is 0 Å². The van der Waals surface area contributed by atoms with Crippen LogP contribution in [0.1, 0.15) is 12.0 Å². The largest absolute Gasteiger partial charge is 0.481 e. The van der Waals surface area contributed by atoms with E-state index in [1.165, 1.54) is 5.56 Å². The van der Waals surface area contributed by atoms with E-state index in [9.17, 15) is 4.79 Å². The maximum atomic E-state index is 10.5. The third kappa shape index (κ3) is 3.05.